The lowest BCUT2D eigenvalue weighted by molar-refractivity contribution is 0.0994. The van der Waals surface area contributed by atoms with Crippen LogP contribution in [0.5, 0.6) is 0 Å². The molecule has 24 heavy (non-hydrogen) atoms. The summed E-state index contributed by atoms with van der Waals surface area (Å²) >= 11 is 1.83. The summed E-state index contributed by atoms with van der Waals surface area (Å²) in [6, 6.07) is 9.65. The molecule has 0 aliphatic heterocycles. The molecular formula is C19H23N3OS. The highest BCUT2D eigenvalue weighted by Gasteiger charge is 2.28. The van der Waals surface area contributed by atoms with E-state index in [0.29, 0.717) is 18.2 Å². The lowest BCUT2D eigenvalue weighted by Crippen LogP contribution is -2.30. The quantitative estimate of drug-likeness (QED) is 0.902. The molecule has 5 heteroatoms. The van der Waals surface area contributed by atoms with Crippen LogP contribution in [-0.2, 0) is 12.8 Å². The Morgan fingerprint density at radius 1 is 1.42 bits per heavy atom. The summed E-state index contributed by atoms with van der Waals surface area (Å²) in [5.74, 6) is 0. The first-order valence-corrected chi connectivity index (χ1v) is 9.30. The molecule has 0 bridgehead atoms. The van der Waals surface area contributed by atoms with Crippen LogP contribution in [0.1, 0.15) is 58.6 Å². The topological polar surface area (TPSA) is 60.1 Å². The van der Waals surface area contributed by atoms with Crippen LogP contribution < -0.4 is 0 Å². The van der Waals surface area contributed by atoms with Gasteiger partial charge in [-0.3, -0.25) is 4.90 Å². The van der Waals surface area contributed by atoms with E-state index in [4.69, 9.17) is 10.2 Å². The molecule has 0 radical (unpaired) electrons. The summed E-state index contributed by atoms with van der Waals surface area (Å²) in [6.07, 6.45) is 3.79. The number of aromatic nitrogens is 1. The van der Waals surface area contributed by atoms with Crippen LogP contribution in [0.4, 0.5) is 0 Å². The highest BCUT2D eigenvalue weighted by molar-refractivity contribution is 7.11. The minimum Gasteiger partial charge on any atom is -0.387 e. The Kier molecular flexibility index (Phi) is 5.30. The molecule has 1 heterocycles. The van der Waals surface area contributed by atoms with E-state index in [9.17, 15) is 5.11 Å². The summed E-state index contributed by atoms with van der Waals surface area (Å²) in [5.41, 5.74) is 2.73. The van der Waals surface area contributed by atoms with Crippen LogP contribution in [0.3, 0.4) is 0 Å². The molecule has 1 aliphatic carbocycles. The first-order chi connectivity index (χ1) is 11.6. The summed E-state index contributed by atoms with van der Waals surface area (Å²) < 4.78 is 0. The highest BCUT2D eigenvalue weighted by atomic mass is 32.1. The maximum Gasteiger partial charge on any atom is 0.0991 e. The number of aryl methyl sites for hydroxylation is 2. The van der Waals surface area contributed by atoms with E-state index in [2.05, 4.69) is 24.9 Å². The van der Waals surface area contributed by atoms with Gasteiger partial charge in [-0.25, -0.2) is 4.98 Å². The Hall–Kier alpha value is -1.74. The Morgan fingerprint density at radius 3 is 2.83 bits per heavy atom. The molecule has 126 valence electrons. The van der Waals surface area contributed by atoms with E-state index >= 15 is 0 Å². The summed E-state index contributed by atoms with van der Waals surface area (Å²) in [4.78, 5) is 8.39. The van der Waals surface area contributed by atoms with Gasteiger partial charge in [0.1, 0.15) is 0 Å². The van der Waals surface area contributed by atoms with Crippen molar-refractivity contribution in [1.29, 1.82) is 5.26 Å². The van der Waals surface area contributed by atoms with Crippen LogP contribution in [-0.4, -0.2) is 28.6 Å². The molecule has 4 nitrogen and oxygen atoms in total. The summed E-state index contributed by atoms with van der Waals surface area (Å²) in [6.45, 7) is 2.73. The predicted octanol–water partition coefficient (Wildman–Crippen LogP) is 3.62. The average Bonchev–Trinajstić information content (AvgIpc) is 3.04. The molecule has 0 spiro atoms. The van der Waals surface area contributed by atoms with Crippen molar-refractivity contribution in [2.75, 3.05) is 13.6 Å². The molecule has 2 unspecified atom stereocenters. The minimum atomic E-state index is -0.549. The van der Waals surface area contributed by atoms with Gasteiger partial charge in [0, 0.05) is 17.5 Å². The molecule has 0 saturated heterocycles. The van der Waals surface area contributed by atoms with Gasteiger partial charge in [0.05, 0.1) is 28.4 Å². The number of fused-ring (bicyclic) bond motifs is 1. The van der Waals surface area contributed by atoms with Crippen LogP contribution in [0, 0.1) is 11.3 Å². The monoisotopic (exact) mass is 341 g/mol. The third-order valence-electron chi connectivity index (χ3n) is 4.69. The number of benzene rings is 1. The number of aliphatic hydroxyl groups excluding tert-OH is 1. The van der Waals surface area contributed by atoms with Gasteiger partial charge in [0.2, 0.25) is 0 Å². The Labute approximate surface area is 147 Å². The maximum absolute atomic E-state index is 10.5. The number of likely N-dealkylation sites (N-methyl/N-ethyl adjacent to an activating group) is 1. The number of aliphatic hydroxyl groups is 1. The number of rotatable bonds is 5. The number of thiazole rings is 1. The van der Waals surface area contributed by atoms with E-state index in [1.165, 1.54) is 15.6 Å². The van der Waals surface area contributed by atoms with Gasteiger partial charge in [-0.05, 0) is 50.4 Å². The van der Waals surface area contributed by atoms with Crippen LogP contribution in [0.25, 0.3) is 0 Å². The number of hydrogen-bond donors (Lipinski definition) is 1. The fraction of sp³-hybridized carbons (Fsp3) is 0.474. The van der Waals surface area contributed by atoms with Crippen LogP contribution in [0.2, 0.25) is 0 Å². The summed E-state index contributed by atoms with van der Waals surface area (Å²) in [7, 11) is 2.08. The maximum atomic E-state index is 10.5. The number of nitrogens with zero attached hydrogens (tertiary/aromatic N) is 3. The van der Waals surface area contributed by atoms with E-state index in [0.717, 1.165) is 31.2 Å². The molecule has 1 N–H and O–H groups in total. The zero-order valence-electron chi connectivity index (χ0n) is 14.2. The molecule has 1 aromatic carbocycles. The van der Waals surface area contributed by atoms with E-state index < -0.39 is 6.10 Å². The van der Waals surface area contributed by atoms with Crippen molar-refractivity contribution >= 4 is 11.3 Å². The fourth-order valence-electron chi connectivity index (χ4n) is 3.30. The second-order valence-corrected chi connectivity index (χ2v) is 7.48. The number of hydrogen-bond acceptors (Lipinski definition) is 5. The third kappa shape index (κ3) is 3.51. The van der Waals surface area contributed by atoms with Gasteiger partial charge < -0.3 is 5.11 Å². The van der Waals surface area contributed by atoms with E-state index in [-0.39, 0.29) is 0 Å². The zero-order chi connectivity index (χ0) is 17.1. The Morgan fingerprint density at radius 2 is 2.17 bits per heavy atom. The molecular weight excluding hydrogens is 318 g/mol. The standard InChI is InChI=1S/C19H23N3OS/c1-3-18-21-15-5-4-6-16(19(15)24-18)22(2)12-17(23)14-9-7-13(11-20)8-10-14/h7-10,16-17,23H,3-6,12H2,1-2H3. The van der Waals surface area contributed by atoms with Crippen molar-refractivity contribution in [2.24, 2.45) is 0 Å². The predicted molar refractivity (Wildman–Crippen MR) is 95.9 cm³/mol. The lowest BCUT2D eigenvalue weighted by Gasteiger charge is -2.32. The SMILES string of the molecule is CCc1nc2c(s1)C(N(C)CC(O)c1ccc(C#N)cc1)CCC2. The lowest BCUT2D eigenvalue weighted by atomic mass is 9.96. The largest absolute Gasteiger partial charge is 0.387 e. The third-order valence-corrected chi connectivity index (χ3v) is 6.03. The molecule has 2 atom stereocenters. The first-order valence-electron chi connectivity index (χ1n) is 8.49. The van der Waals surface area contributed by atoms with Gasteiger partial charge in [-0.2, -0.15) is 5.26 Å². The average molecular weight is 341 g/mol. The van der Waals surface area contributed by atoms with Gasteiger partial charge in [-0.1, -0.05) is 19.1 Å². The molecule has 0 fully saturated rings. The van der Waals surface area contributed by atoms with E-state index in [1.807, 2.05) is 23.5 Å². The highest BCUT2D eigenvalue weighted by Crippen LogP contribution is 2.38. The van der Waals surface area contributed by atoms with Crippen molar-refractivity contribution in [3.63, 3.8) is 0 Å². The van der Waals surface area contributed by atoms with Gasteiger partial charge in [0.25, 0.3) is 0 Å². The molecule has 2 aromatic rings. The molecule has 3 rings (SSSR count). The van der Waals surface area contributed by atoms with Crippen molar-refractivity contribution in [3.05, 3.63) is 51.0 Å². The van der Waals surface area contributed by atoms with Gasteiger partial charge in [-0.15, -0.1) is 11.3 Å². The Bertz CT molecular complexity index is 732. The van der Waals surface area contributed by atoms with Crippen LogP contribution >= 0.6 is 11.3 Å². The second kappa shape index (κ2) is 7.43. The normalized spacial score (nSPS) is 18.2. The van der Waals surface area contributed by atoms with Gasteiger partial charge >= 0.3 is 0 Å². The van der Waals surface area contributed by atoms with Gasteiger partial charge in [0.15, 0.2) is 0 Å². The Balaban J connectivity index is 1.72. The number of nitriles is 1. The van der Waals surface area contributed by atoms with Crippen LogP contribution in [0.15, 0.2) is 24.3 Å². The van der Waals surface area contributed by atoms with E-state index in [1.54, 1.807) is 12.1 Å². The first kappa shape index (κ1) is 17.1. The fourth-order valence-corrected chi connectivity index (χ4v) is 4.56. The molecule has 1 aliphatic rings. The smallest absolute Gasteiger partial charge is 0.0991 e. The minimum absolute atomic E-state index is 0.347. The molecule has 0 amide bonds. The zero-order valence-corrected chi connectivity index (χ0v) is 15.0. The molecule has 1 aromatic heterocycles. The van der Waals surface area contributed by atoms with Crippen molar-refractivity contribution in [1.82, 2.24) is 9.88 Å². The van der Waals surface area contributed by atoms with Crippen molar-refractivity contribution in [3.8, 4) is 6.07 Å². The second-order valence-electron chi connectivity index (χ2n) is 6.37. The van der Waals surface area contributed by atoms with Crippen molar-refractivity contribution in [2.45, 2.75) is 44.8 Å². The molecule has 0 saturated carbocycles. The van der Waals surface area contributed by atoms with Crippen molar-refractivity contribution < 1.29 is 5.11 Å². The summed E-state index contributed by atoms with van der Waals surface area (Å²) in [5, 5.41) is 20.6.